The SMILES string of the molecule is CCCCN(Cc1cccnc1Cl)C(C)CC. The number of hydrogen-bond donors (Lipinski definition) is 0. The van der Waals surface area contributed by atoms with Crippen LogP contribution in [-0.4, -0.2) is 22.5 Å². The first-order chi connectivity index (χ1) is 8.19. The first-order valence-corrected chi connectivity index (χ1v) is 6.90. The molecule has 1 aromatic rings. The topological polar surface area (TPSA) is 16.1 Å². The summed E-state index contributed by atoms with van der Waals surface area (Å²) in [5, 5.41) is 0.636. The molecule has 0 bridgehead atoms. The van der Waals surface area contributed by atoms with E-state index < -0.39 is 0 Å². The number of rotatable bonds is 7. The second-order valence-electron chi connectivity index (χ2n) is 4.53. The predicted molar refractivity (Wildman–Crippen MR) is 74.3 cm³/mol. The lowest BCUT2D eigenvalue weighted by Crippen LogP contribution is -2.33. The standard InChI is InChI=1S/C14H23ClN2/c1-4-6-10-17(12(3)5-2)11-13-8-7-9-16-14(13)15/h7-9,12H,4-6,10-11H2,1-3H3. The highest BCUT2D eigenvalue weighted by Gasteiger charge is 2.13. The Morgan fingerprint density at radius 3 is 2.76 bits per heavy atom. The molecule has 0 aliphatic heterocycles. The summed E-state index contributed by atoms with van der Waals surface area (Å²) >= 11 is 6.11. The molecule has 0 radical (unpaired) electrons. The number of aromatic nitrogens is 1. The predicted octanol–water partition coefficient (Wildman–Crippen LogP) is 4.14. The van der Waals surface area contributed by atoms with Gasteiger partial charge >= 0.3 is 0 Å². The normalized spacial score (nSPS) is 13.0. The van der Waals surface area contributed by atoms with Crippen molar-refractivity contribution in [3.8, 4) is 0 Å². The average molecular weight is 255 g/mol. The van der Waals surface area contributed by atoms with Gasteiger partial charge < -0.3 is 0 Å². The van der Waals surface area contributed by atoms with Gasteiger partial charge in [0.2, 0.25) is 0 Å². The van der Waals surface area contributed by atoms with Crippen molar-refractivity contribution in [2.24, 2.45) is 0 Å². The Labute approximate surface area is 110 Å². The Kier molecular flexibility index (Phi) is 6.53. The van der Waals surface area contributed by atoms with Gasteiger partial charge in [0.15, 0.2) is 0 Å². The number of nitrogens with zero attached hydrogens (tertiary/aromatic N) is 2. The molecule has 2 nitrogen and oxygen atoms in total. The maximum atomic E-state index is 6.11. The average Bonchev–Trinajstić information content (AvgIpc) is 2.35. The zero-order valence-electron chi connectivity index (χ0n) is 11.1. The van der Waals surface area contributed by atoms with Crippen LogP contribution in [0.2, 0.25) is 5.15 Å². The molecule has 0 aliphatic rings. The molecule has 0 aliphatic carbocycles. The third kappa shape index (κ3) is 4.64. The number of unbranched alkanes of at least 4 members (excludes halogenated alkanes) is 1. The Morgan fingerprint density at radius 2 is 2.18 bits per heavy atom. The smallest absolute Gasteiger partial charge is 0.133 e. The van der Waals surface area contributed by atoms with Gasteiger partial charge in [-0.05, 0) is 32.4 Å². The maximum Gasteiger partial charge on any atom is 0.133 e. The summed E-state index contributed by atoms with van der Waals surface area (Å²) < 4.78 is 0. The molecule has 1 rings (SSSR count). The molecular formula is C14H23ClN2. The van der Waals surface area contributed by atoms with Gasteiger partial charge in [0.05, 0.1) is 0 Å². The minimum atomic E-state index is 0.595. The highest BCUT2D eigenvalue weighted by molar-refractivity contribution is 6.30. The van der Waals surface area contributed by atoms with E-state index in [0.717, 1.165) is 18.7 Å². The van der Waals surface area contributed by atoms with Crippen LogP contribution in [0, 0.1) is 0 Å². The molecule has 1 unspecified atom stereocenters. The third-order valence-corrected chi connectivity index (χ3v) is 3.56. The summed E-state index contributed by atoms with van der Waals surface area (Å²) in [6, 6.07) is 4.62. The van der Waals surface area contributed by atoms with E-state index in [-0.39, 0.29) is 0 Å². The fourth-order valence-electron chi connectivity index (χ4n) is 1.83. The van der Waals surface area contributed by atoms with Crippen molar-refractivity contribution in [1.82, 2.24) is 9.88 Å². The summed E-state index contributed by atoms with van der Waals surface area (Å²) in [7, 11) is 0. The summed E-state index contributed by atoms with van der Waals surface area (Å²) in [5.74, 6) is 0. The van der Waals surface area contributed by atoms with Gasteiger partial charge in [0.1, 0.15) is 5.15 Å². The molecule has 0 amide bonds. The molecule has 0 spiro atoms. The van der Waals surface area contributed by atoms with Crippen LogP contribution in [-0.2, 0) is 6.54 Å². The van der Waals surface area contributed by atoms with E-state index in [4.69, 9.17) is 11.6 Å². The fourth-order valence-corrected chi connectivity index (χ4v) is 2.01. The first kappa shape index (κ1) is 14.5. The van der Waals surface area contributed by atoms with Gasteiger partial charge in [-0.1, -0.05) is 37.9 Å². The summed E-state index contributed by atoms with van der Waals surface area (Å²) in [6.45, 7) is 8.78. The summed E-state index contributed by atoms with van der Waals surface area (Å²) in [5.41, 5.74) is 1.13. The van der Waals surface area contributed by atoms with E-state index in [1.54, 1.807) is 6.20 Å². The van der Waals surface area contributed by atoms with E-state index in [9.17, 15) is 0 Å². The Morgan fingerprint density at radius 1 is 1.41 bits per heavy atom. The van der Waals surface area contributed by atoms with E-state index >= 15 is 0 Å². The van der Waals surface area contributed by atoms with E-state index in [1.807, 2.05) is 6.07 Å². The lowest BCUT2D eigenvalue weighted by molar-refractivity contribution is 0.192. The van der Waals surface area contributed by atoms with E-state index in [0.29, 0.717) is 11.2 Å². The highest BCUT2D eigenvalue weighted by atomic mass is 35.5. The zero-order chi connectivity index (χ0) is 12.7. The van der Waals surface area contributed by atoms with Crippen LogP contribution in [0.4, 0.5) is 0 Å². The molecule has 0 saturated heterocycles. The van der Waals surface area contributed by atoms with Gasteiger partial charge in [-0.2, -0.15) is 0 Å². The second-order valence-corrected chi connectivity index (χ2v) is 4.89. The van der Waals surface area contributed by atoms with Gasteiger partial charge in [-0.3, -0.25) is 4.90 Å². The van der Waals surface area contributed by atoms with Crippen molar-refractivity contribution < 1.29 is 0 Å². The van der Waals surface area contributed by atoms with Crippen molar-refractivity contribution >= 4 is 11.6 Å². The Bertz CT molecular complexity index is 328. The van der Waals surface area contributed by atoms with Crippen LogP contribution in [0.1, 0.15) is 45.6 Å². The summed E-state index contributed by atoms with van der Waals surface area (Å²) in [4.78, 5) is 6.63. The lowest BCUT2D eigenvalue weighted by Gasteiger charge is -2.28. The fraction of sp³-hybridized carbons (Fsp3) is 0.643. The van der Waals surface area contributed by atoms with Crippen LogP contribution in [0.15, 0.2) is 18.3 Å². The van der Waals surface area contributed by atoms with Gasteiger partial charge in [-0.25, -0.2) is 4.98 Å². The van der Waals surface area contributed by atoms with Crippen molar-refractivity contribution in [1.29, 1.82) is 0 Å². The van der Waals surface area contributed by atoms with Crippen LogP contribution >= 0.6 is 11.6 Å². The molecule has 96 valence electrons. The number of pyridine rings is 1. The Balaban J connectivity index is 2.68. The first-order valence-electron chi connectivity index (χ1n) is 6.52. The van der Waals surface area contributed by atoms with Gasteiger partial charge in [0, 0.05) is 24.3 Å². The summed E-state index contributed by atoms with van der Waals surface area (Å²) in [6.07, 6.45) is 5.38. The molecular weight excluding hydrogens is 232 g/mol. The number of halogens is 1. The van der Waals surface area contributed by atoms with Gasteiger partial charge in [0.25, 0.3) is 0 Å². The minimum Gasteiger partial charge on any atom is -0.296 e. The van der Waals surface area contributed by atoms with E-state index in [1.165, 1.54) is 19.3 Å². The van der Waals surface area contributed by atoms with Crippen molar-refractivity contribution in [3.63, 3.8) is 0 Å². The molecule has 0 N–H and O–H groups in total. The maximum absolute atomic E-state index is 6.11. The highest BCUT2D eigenvalue weighted by Crippen LogP contribution is 2.17. The monoisotopic (exact) mass is 254 g/mol. The molecule has 1 atom stereocenters. The van der Waals surface area contributed by atoms with Crippen LogP contribution < -0.4 is 0 Å². The van der Waals surface area contributed by atoms with Crippen LogP contribution in [0.3, 0.4) is 0 Å². The molecule has 1 heterocycles. The van der Waals surface area contributed by atoms with Gasteiger partial charge in [-0.15, -0.1) is 0 Å². The van der Waals surface area contributed by atoms with Crippen molar-refractivity contribution in [2.45, 2.75) is 52.6 Å². The molecule has 17 heavy (non-hydrogen) atoms. The molecule has 0 aromatic carbocycles. The zero-order valence-corrected chi connectivity index (χ0v) is 11.9. The van der Waals surface area contributed by atoms with Crippen molar-refractivity contribution in [3.05, 3.63) is 29.0 Å². The third-order valence-electron chi connectivity index (χ3n) is 3.22. The number of hydrogen-bond acceptors (Lipinski definition) is 2. The van der Waals surface area contributed by atoms with Crippen LogP contribution in [0.5, 0.6) is 0 Å². The molecule has 1 aromatic heterocycles. The van der Waals surface area contributed by atoms with Crippen LogP contribution in [0.25, 0.3) is 0 Å². The molecule has 0 saturated carbocycles. The molecule has 0 fully saturated rings. The minimum absolute atomic E-state index is 0.595. The Hall–Kier alpha value is -0.600. The second kappa shape index (κ2) is 7.67. The van der Waals surface area contributed by atoms with Crippen molar-refractivity contribution in [2.75, 3.05) is 6.54 Å². The van der Waals surface area contributed by atoms with E-state index in [2.05, 4.69) is 36.7 Å². The largest absolute Gasteiger partial charge is 0.296 e. The molecule has 3 heteroatoms. The lowest BCUT2D eigenvalue weighted by atomic mass is 10.1. The quantitative estimate of drug-likeness (QED) is 0.680.